The molecule has 2 N–H and O–H groups in total. The Morgan fingerprint density at radius 2 is 2.00 bits per heavy atom. The number of nitrogens with zero attached hydrogens (tertiary/aromatic N) is 1. The van der Waals surface area contributed by atoms with Gasteiger partial charge < -0.3 is 19.4 Å². The van der Waals surface area contributed by atoms with Gasteiger partial charge in [0.15, 0.2) is 11.9 Å². The van der Waals surface area contributed by atoms with Crippen molar-refractivity contribution < 1.29 is 24.1 Å². The molecule has 2 aliphatic heterocycles. The number of quaternary nitrogens is 1. The average Bonchev–Trinajstić information content (AvgIpc) is 2.86. The predicted molar refractivity (Wildman–Crippen MR) is 89.8 cm³/mol. The van der Waals surface area contributed by atoms with Gasteiger partial charge in [0, 0.05) is 12.8 Å². The zero-order valence-electron chi connectivity index (χ0n) is 14.3. The molecule has 0 aromatic rings. The van der Waals surface area contributed by atoms with Crippen molar-refractivity contribution in [3.05, 3.63) is 48.3 Å². The summed E-state index contributed by atoms with van der Waals surface area (Å²) in [7, 11) is 0. The summed E-state index contributed by atoms with van der Waals surface area (Å²) in [4.78, 5) is 11.3. The summed E-state index contributed by atoms with van der Waals surface area (Å²) in [5.41, 5.74) is 7.20. The molecule has 2 heterocycles. The molecule has 0 bridgehead atoms. The number of ether oxygens (including phenoxy) is 2. The fourth-order valence-corrected chi connectivity index (χ4v) is 3.52. The first-order valence-corrected chi connectivity index (χ1v) is 8.85. The van der Waals surface area contributed by atoms with E-state index in [-0.39, 0.29) is 10.7 Å². The summed E-state index contributed by atoms with van der Waals surface area (Å²) < 4.78 is 11.0. The number of carbonyl (C=O) groups is 1. The minimum atomic E-state index is -1.28. The molecule has 0 radical (unpaired) electrons. The Balaban J connectivity index is 1.87. The van der Waals surface area contributed by atoms with E-state index in [2.05, 4.69) is 23.0 Å². The monoisotopic (exact) mass is 347 g/mol. The van der Waals surface area contributed by atoms with Crippen molar-refractivity contribution in [2.75, 3.05) is 13.1 Å². The lowest BCUT2D eigenvalue weighted by molar-refractivity contribution is -1.00. The van der Waals surface area contributed by atoms with E-state index < -0.39 is 6.09 Å². The number of hydrogen-bond donors (Lipinski definition) is 2. The Kier molecular flexibility index (Phi) is 5.78. The Bertz CT molecular complexity index is 601. The normalized spacial score (nSPS) is 23.4. The maximum absolute atomic E-state index is 11.3. The summed E-state index contributed by atoms with van der Waals surface area (Å²) >= 11 is 0. The average molecular weight is 347 g/mol. The molecule has 1 amide bonds. The Morgan fingerprint density at radius 1 is 1.20 bits per heavy atom. The van der Waals surface area contributed by atoms with Crippen LogP contribution in [0.25, 0.3) is 0 Å². The summed E-state index contributed by atoms with van der Waals surface area (Å²) in [5, 5.41) is 11.3. The number of nitrogens with one attached hydrogen (secondary N) is 2. The van der Waals surface area contributed by atoms with Crippen LogP contribution in [0.3, 0.4) is 0 Å². The van der Waals surface area contributed by atoms with E-state index in [9.17, 15) is 9.90 Å². The van der Waals surface area contributed by atoms with Gasteiger partial charge in [-0.15, -0.1) is 10.1 Å². The van der Waals surface area contributed by atoms with Gasteiger partial charge in [0.2, 0.25) is 0 Å². The van der Waals surface area contributed by atoms with Crippen molar-refractivity contribution in [1.82, 2.24) is 10.9 Å². The van der Waals surface area contributed by atoms with Crippen LogP contribution >= 0.6 is 0 Å². The largest absolute Gasteiger partial charge is 0.526 e. The molecule has 1 saturated heterocycles. The van der Waals surface area contributed by atoms with Crippen LogP contribution in [-0.2, 0) is 9.47 Å². The van der Waals surface area contributed by atoms with E-state index in [1.54, 1.807) is 6.26 Å². The lowest BCUT2D eigenvalue weighted by Gasteiger charge is -2.40. The van der Waals surface area contributed by atoms with Crippen LogP contribution in [0.15, 0.2) is 48.3 Å². The van der Waals surface area contributed by atoms with Crippen LogP contribution in [-0.4, -0.2) is 29.9 Å². The molecule has 25 heavy (non-hydrogen) atoms. The highest BCUT2D eigenvalue weighted by Crippen LogP contribution is 2.26. The van der Waals surface area contributed by atoms with E-state index in [0.29, 0.717) is 18.8 Å². The van der Waals surface area contributed by atoms with Crippen LogP contribution in [0.1, 0.15) is 38.5 Å². The minimum Gasteiger partial charge on any atom is -0.526 e. The molecule has 0 aromatic carbocycles. The number of rotatable bonds is 5. The zero-order chi connectivity index (χ0) is 17.5. The molecule has 1 aliphatic carbocycles. The summed E-state index contributed by atoms with van der Waals surface area (Å²) in [6, 6.07) is -0.278. The van der Waals surface area contributed by atoms with Gasteiger partial charge in [0.1, 0.15) is 37.9 Å². The second-order valence-electron chi connectivity index (χ2n) is 6.55. The first-order valence-electron chi connectivity index (χ1n) is 8.85. The number of amides is 1. The van der Waals surface area contributed by atoms with Crippen LogP contribution in [0.5, 0.6) is 0 Å². The summed E-state index contributed by atoms with van der Waals surface area (Å²) in [6.45, 7) is 1.33. The molecule has 1 unspecified atom stereocenters. The smallest absolute Gasteiger partial charge is 0.187 e. The third kappa shape index (κ3) is 4.64. The van der Waals surface area contributed by atoms with Crippen LogP contribution < -0.4 is 16.0 Å². The van der Waals surface area contributed by atoms with Gasteiger partial charge in [0.25, 0.3) is 0 Å². The predicted octanol–water partition coefficient (Wildman–Crippen LogP) is 1.73. The molecule has 7 heteroatoms. The molecule has 3 aliphatic rings. The molecule has 3 rings (SSSR count). The van der Waals surface area contributed by atoms with Crippen molar-refractivity contribution in [2.24, 2.45) is 0 Å². The fraction of sp³-hybridized carbons (Fsp3) is 0.500. The molecule has 7 nitrogen and oxygen atoms in total. The van der Waals surface area contributed by atoms with Gasteiger partial charge in [-0.3, -0.25) is 0 Å². The van der Waals surface area contributed by atoms with E-state index in [1.165, 1.54) is 12.5 Å². The molecular weight excluding hydrogens is 322 g/mol. The van der Waals surface area contributed by atoms with Crippen LogP contribution in [0.4, 0.5) is 4.79 Å². The number of allylic oxidation sites excluding steroid dienone is 3. The zero-order valence-corrected chi connectivity index (χ0v) is 14.3. The quantitative estimate of drug-likeness (QED) is 0.740. The molecular formula is C18H25N3O4. The standard InChI is InChI=1S/C18H25N3O4/c22-18(23)20-21(10-6-1-2-7-11-21)19-17(15-8-4-3-5-9-15)16-14-24-12-13-25-16/h3-4,8,12-14,17,19-20H,1-2,5-7,9-11H2. The van der Waals surface area contributed by atoms with Crippen molar-refractivity contribution in [3.8, 4) is 0 Å². The summed E-state index contributed by atoms with van der Waals surface area (Å²) in [5.74, 6) is 0.617. The molecule has 1 atom stereocenters. The highest BCUT2D eigenvalue weighted by atomic mass is 16.5. The maximum Gasteiger partial charge on any atom is 0.187 e. The van der Waals surface area contributed by atoms with Crippen molar-refractivity contribution in [3.63, 3.8) is 0 Å². The highest BCUT2D eigenvalue weighted by molar-refractivity contribution is 5.60. The van der Waals surface area contributed by atoms with Crippen molar-refractivity contribution >= 4 is 6.09 Å². The SMILES string of the molecule is O=C([O-])N[N+]1(NC(C2=CC=CCC2)C2=COC=CO2)CCCCCC1. The maximum atomic E-state index is 11.3. The van der Waals surface area contributed by atoms with Gasteiger partial charge >= 0.3 is 0 Å². The van der Waals surface area contributed by atoms with E-state index in [4.69, 9.17) is 9.47 Å². The van der Waals surface area contributed by atoms with E-state index in [0.717, 1.165) is 44.1 Å². The van der Waals surface area contributed by atoms with Crippen LogP contribution in [0, 0.1) is 0 Å². The highest BCUT2D eigenvalue weighted by Gasteiger charge is 2.36. The van der Waals surface area contributed by atoms with Gasteiger partial charge in [-0.25, -0.2) is 5.43 Å². The van der Waals surface area contributed by atoms with Crippen molar-refractivity contribution in [1.29, 1.82) is 0 Å². The second-order valence-corrected chi connectivity index (χ2v) is 6.55. The lowest BCUT2D eigenvalue weighted by Crippen LogP contribution is -2.72. The second kappa shape index (κ2) is 8.22. The Hall–Kier alpha value is -2.25. The molecule has 136 valence electrons. The van der Waals surface area contributed by atoms with Gasteiger partial charge in [-0.05, 0) is 31.3 Å². The number of carboxylic acid groups (broad SMARTS) is 1. The fourth-order valence-electron chi connectivity index (χ4n) is 3.52. The van der Waals surface area contributed by atoms with Gasteiger partial charge in [0.05, 0.1) is 0 Å². The lowest BCUT2D eigenvalue weighted by atomic mass is 9.97. The number of carbonyl (C=O) groups excluding carboxylic acids is 1. The molecule has 0 spiro atoms. The molecule has 1 fully saturated rings. The topological polar surface area (TPSA) is 82.7 Å². The summed E-state index contributed by atoms with van der Waals surface area (Å²) in [6.07, 6.45) is 15.3. The molecule has 0 aromatic heterocycles. The van der Waals surface area contributed by atoms with E-state index in [1.807, 2.05) is 6.08 Å². The number of hydrogen-bond acceptors (Lipinski definition) is 5. The Morgan fingerprint density at radius 3 is 2.60 bits per heavy atom. The van der Waals surface area contributed by atoms with E-state index >= 15 is 0 Å². The molecule has 0 saturated carbocycles. The first-order chi connectivity index (χ1) is 12.2. The third-order valence-electron chi connectivity index (χ3n) is 4.74. The first kappa shape index (κ1) is 17.6. The Labute approximate surface area is 147 Å². The van der Waals surface area contributed by atoms with Gasteiger partial charge in [-0.2, -0.15) is 0 Å². The van der Waals surface area contributed by atoms with Crippen molar-refractivity contribution in [2.45, 2.75) is 44.6 Å². The third-order valence-corrected chi connectivity index (χ3v) is 4.74. The van der Waals surface area contributed by atoms with Gasteiger partial charge in [-0.1, -0.05) is 18.2 Å². The van der Waals surface area contributed by atoms with Crippen LogP contribution in [0.2, 0.25) is 0 Å². The minimum absolute atomic E-state index is 0.0679.